The van der Waals surface area contributed by atoms with Crippen molar-refractivity contribution in [1.29, 1.82) is 0 Å². The Labute approximate surface area is 204 Å². The van der Waals surface area contributed by atoms with Gasteiger partial charge < -0.3 is 20.6 Å². The Bertz CT molecular complexity index is 1020. The molecule has 10 heteroatoms. The van der Waals surface area contributed by atoms with E-state index in [0.717, 1.165) is 75.2 Å². The molecule has 3 fully saturated rings. The van der Waals surface area contributed by atoms with E-state index in [1.807, 2.05) is 12.4 Å². The van der Waals surface area contributed by atoms with Gasteiger partial charge in [-0.25, -0.2) is 9.97 Å². The minimum atomic E-state index is -0.648. The minimum Gasteiger partial charge on any atom is -0.481 e. The lowest BCUT2D eigenvalue weighted by Gasteiger charge is -2.42. The Hall–Kier alpha value is -2.68. The van der Waals surface area contributed by atoms with Gasteiger partial charge in [-0.1, -0.05) is 24.9 Å². The van der Waals surface area contributed by atoms with Crippen molar-refractivity contribution in [2.75, 3.05) is 28.6 Å². The number of nitrogens with zero attached hydrogens (tertiary/aromatic N) is 6. The van der Waals surface area contributed by atoms with Crippen LogP contribution >= 0.6 is 11.6 Å². The van der Waals surface area contributed by atoms with Gasteiger partial charge in [0.05, 0.1) is 11.6 Å². The molecule has 0 radical (unpaired) electrons. The normalized spacial score (nSPS) is 28.8. The number of carbonyl (C=O) groups is 1. The quantitative estimate of drug-likeness (QED) is 0.633. The van der Waals surface area contributed by atoms with Crippen molar-refractivity contribution < 1.29 is 9.90 Å². The molecule has 0 spiro atoms. The van der Waals surface area contributed by atoms with Crippen LogP contribution in [0.5, 0.6) is 0 Å². The number of carboxylic acids is 1. The Balaban J connectivity index is 1.25. The lowest BCUT2D eigenvalue weighted by Crippen LogP contribution is -2.54. The van der Waals surface area contributed by atoms with Crippen molar-refractivity contribution in [2.45, 2.75) is 64.0 Å². The fourth-order valence-electron chi connectivity index (χ4n) is 6.26. The predicted molar refractivity (Wildman–Crippen MR) is 131 cm³/mol. The third kappa shape index (κ3) is 4.50. The average molecular weight is 486 g/mol. The van der Waals surface area contributed by atoms with Crippen molar-refractivity contribution in [1.82, 2.24) is 20.2 Å². The van der Waals surface area contributed by atoms with Crippen LogP contribution in [-0.2, 0) is 11.2 Å². The van der Waals surface area contributed by atoms with E-state index in [0.29, 0.717) is 34.9 Å². The SMILES string of the molecule is CCC1CC(C(=O)O)CCC1Cc1cnc(N2C3CCC2CN(c2cc(Cl)nnc2N)C3)nc1. The van der Waals surface area contributed by atoms with E-state index in [4.69, 9.17) is 27.3 Å². The van der Waals surface area contributed by atoms with Gasteiger partial charge in [0.1, 0.15) is 0 Å². The number of halogens is 1. The Morgan fingerprint density at radius 1 is 1.12 bits per heavy atom. The molecule has 4 heterocycles. The van der Waals surface area contributed by atoms with Crippen LogP contribution < -0.4 is 15.5 Å². The highest BCUT2D eigenvalue weighted by Gasteiger charge is 2.42. The molecule has 2 aromatic rings. The fraction of sp³-hybridized carbons (Fsp3) is 0.625. The summed E-state index contributed by atoms with van der Waals surface area (Å²) in [6.45, 7) is 3.80. The van der Waals surface area contributed by atoms with Crippen molar-refractivity contribution >= 4 is 35.0 Å². The van der Waals surface area contributed by atoms with Crippen LogP contribution in [0, 0.1) is 17.8 Å². The van der Waals surface area contributed by atoms with Crippen LogP contribution in [0.15, 0.2) is 18.5 Å². The summed E-state index contributed by atoms with van der Waals surface area (Å²) in [7, 11) is 0. The van der Waals surface area contributed by atoms with Crippen LogP contribution in [0.2, 0.25) is 5.15 Å². The monoisotopic (exact) mass is 485 g/mol. The van der Waals surface area contributed by atoms with E-state index in [2.05, 4.69) is 26.9 Å². The molecule has 182 valence electrons. The molecule has 1 aliphatic carbocycles. The molecule has 2 saturated heterocycles. The molecular formula is C24H32ClN7O2. The molecule has 3 N–H and O–H groups in total. The number of rotatable bonds is 6. The standard InChI is InChI=1S/C24H32ClN7O2/c1-2-15-8-17(23(33)34)4-3-16(15)7-14-10-27-24(28-11-14)32-18-5-6-19(32)13-31(12-18)20-9-21(25)29-30-22(20)26/h9-11,15-19H,2-8,12-13H2,1H3,(H2,26,30)(H,33,34). The van der Waals surface area contributed by atoms with Gasteiger partial charge in [0.2, 0.25) is 5.95 Å². The highest BCUT2D eigenvalue weighted by molar-refractivity contribution is 6.29. The van der Waals surface area contributed by atoms with Gasteiger partial charge in [-0.3, -0.25) is 4.79 Å². The Morgan fingerprint density at radius 2 is 1.82 bits per heavy atom. The van der Waals surface area contributed by atoms with Crippen molar-refractivity contribution in [2.24, 2.45) is 17.8 Å². The number of aliphatic carboxylic acids is 1. The molecule has 2 aromatic heterocycles. The highest BCUT2D eigenvalue weighted by Crippen LogP contribution is 2.39. The maximum atomic E-state index is 11.4. The number of aromatic nitrogens is 4. The zero-order chi connectivity index (χ0) is 23.8. The number of nitrogen functional groups attached to an aromatic ring is 1. The van der Waals surface area contributed by atoms with Crippen molar-refractivity contribution in [3.05, 3.63) is 29.2 Å². The first-order chi connectivity index (χ1) is 16.4. The molecule has 5 rings (SSSR count). The van der Waals surface area contributed by atoms with Crippen LogP contribution in [-0.4, -0.2) is 56.4 Å². The molecule has 9 nitrogen and oxygen atoms in total. The molecule has 34 heavy (non-hydrogen) atoms. The summed E-state index contributed by atoms with van der Waals surface area (Å²) < 4.78 is 0. The zero-order valence-corrected chi connectivity index (χ0v) is 20.2. The lowest BCUT2D eigenvalue weighted by molar-refractivity contribution is -0.143. The van der Waals surface area contributed by atoms with E-state index in [1.54, 1.807) is 6.07 Å². The molecule has 1 saturated carbocycles. The lowest BCUT2D eigenvalue weighted by atomic mass is 9.71. The molecule has 2 aliphatic heterocycles. The molecule has 5 unspecified atom stereocenters. The first-order valence-electron chi connectivity index (χ1n) is 12.3. The number of fused-ring (bicyclic) bond motifs is 2. The molecule has 0 aromatic carbocycles. The predicted octanol–water partition coefficient (Wildman–Crippen LogP) is 3.43. The third-order valence-electron chi connectivity index (χ3n) is 8.03. The fourth-order valence-corrected chi connectivity index (χ4v) is 6.40. The number of hydrogen-bond acceptors (Lipinski definition) is 8. The van der Waals surface area contributed by atoms with Crippen LogP contribution in [0.3, 0.4) is 0 Å². The molecular weight excluding hydrogens is 454 g/mol. The van der Waals surface area contributed by atoms with Crippen molar-refractivity contribution in [3.8, 4) is 0 Å². The summed E-state index contributed by atoms with van der Waals surface area (Å²) in [4.78, 5) is 25.6. The summed E-state index contributed by atoms with van der Waals surface area (Å²) in [5.74, 6) is 1.30. The zero-order valence-electron chi connectivity index (χ0n) is 19.5. The van der Waals surface area contributed by atoms with Gasteiger partial charge in [-0.15, -0.1) is 10.2 Å². The second-order valence-electron chi connectivity index (χ2n) is 10.0. The number of hydrogen-bond donors (Lipinski definition) is 2. The van der Waals surface area contributed by atoms with E-state index >= 15 is 0 Å². The van der Waals surface area contributed by atoms with Gasteiger partial charge in [0.25, 0.3) is 0 Å². The summed E-state index contributed by atoms with van der Waals surface area (Å²) >= 11 is 6.06. The minimum absolute atomic E-state index is 0.191. The van der Waals surface area contributed by atoms with E-state index in [9.17, 15) is 9.90 Å². The molecule has 0 amide bonds. The largest absolute Gasteiger partial charge is 0.481 e. The van der Waals surface area contributed by atoms with Crippen LogP contribution in [0.1, 0.15) is 51.0 Å². The van der Waals surface area contributed by atoms with Crippen molar-refractivity contribution in [3.63, 3.8) is 0 Å². The Kier molecular flexibility index (Phi) is 6.46. The smallest absolute Gasteiger partial charge is 0.306 e. The second-order valence-corrected chi connectivity index (χ2v) is 10.4. The summed E-state index contributed by atoms with van der Waals surface area (Å²) in [6, 6.07) is 2.41. The third-order valence-corrected chi connectivity index (χ3v) is 8.21. The summed E-state index contributed by atoms with van der Waals surface area (Å²) in [5.41, 5.74) is 8.05. The molecule has 2 bridgehead atoms. The first-order valence-corrected chi connectivity index (χ1v) is 12.7. The van der Waals surface area contributed by atoms with E-state index in [1.165, 1.54) is 0 Å². The topological polar surface area (TPSA) is 121 Å². The van der Waals surface area contributed by atoms with Gasteiger partial charge in [-0.2, -0.15) is 0 Å². The van der Waals surface area contributed by atoms with Crippen LogP contribution in [0.4, 0.5) is 17.5 Å². The highest BCUT2D eigenvalue weighted by atomic mass is 35.5. The first kappa shape index (κ1) is 23.1. The van der Waals surface area contributed by atoms with Gasteiger partial charge >= 0.3 is 5.97 Å². The number of piperazine rings is 1. The average Bonchev–Trinajstić information content (AvgIpc) is 3.10. The molecule has 5 atom stereocenters. The van der Waals surface area contributed by atoms with Gasteiger partial charge in [-0.05, 0) is 55.9 Å². The number of carboxylic acid groups (broad SMARTS) is 1. The maximum Gasteiger partial charge on any atom is 0.306 e. The summed E-state index contributed by atoms with van der Waals surface area (Å²) in [6.07, 6.45) is 10.6. The number of anilines is 3. The second kappa shape index (κ2) is 9.52. The van der Waals surface area contributed by atoms with Gasteiger partial charge in [0, 0.05) is 43.6 Å². The van der Waals surface area contributed by atoms with E-state index in [-0.39, 0.29) is 5.92 Å². The molecule has 3 aliphatic rings. The summed E-state index contributed by atoms with van der Waals surface area (Å²) in [5, 5.41) is 17.5. The maximum absolute atomic E-state index is 11.4. The van der Waals surface area contributed by atoms with Gasteiger partial charge in [0.15, 0.2) is 11.0 Å². The number of nitrogens with two attached hydrogens (primary N) is 1. The van der Waals surface area contributed by atoms with Crippen LogP contribution in [0.25, 0.3) is 0 Å². The van der Waals surface area contributed by atoms with E-state index < -0.39 is 5.97 Å². The Morgan fingerprint density at radius 3 is 2.47 bits per heavy atom.